The molecule has 0 bridgehead atoms. The van der Waals surface area contributed by atoms with E-state index in [1.807, 2.05) is 11.4 Å². The number of halogens is 2. The molecule has 0 fully saturated rings. The normalized spacial score (nSPS) is 11.9. The summed E-state index contributed by atoms with van der Waals surface area (Å²) < 4.78 is 19.2. The van der Waals surface area contributed by atoms with Crippen molar-refractivity contribution in [2.75, 3.05) is 12.4 Å². The van der Waals surface area contributed by atoms with Gasteiger partial charge in [0.1, 0.15) is 5.82 Å². The van der Waals surface area contributed by atoms with Crippen molar-refractivity contribution >= 4 is 38.9 Å². The maximum absolute atomic E-state index is 13.6. The largest absolute Gasteiger partial charge is 0.467 e. The highest BCUT2D eigenvalue weighted by Crippen LogP contribution is 2.32. The van der Waals surface area contributed by atoms with Crippen molar-refractivity contribution in [3.05, 3.63) is 50.9 Å². The van der Waals surface area contributed by atoms with Crippen molar-refractivity contribution in [2.24, 2.45) is 0 Å². The fourth-order valence-corrected chi connectivity index (χ4v) is 3.23. The number of benzene rings is 1. The van der Waals surface area contributed by atoms with E-state index in [1.165, 1.54) is 24.5 Å². The first-order chi connectivity index (χ1) is 9.13. The standard InChI is InChI=1S/C13H11BrFNO2S/c1-18-13(17)11(12-8(14)6-7-19-12)16-10-5-3-2-4-9(10)15/h2-7,11,16H,1H3. The second kappa shape index (κ2) is 6.16. The SMILES string of the molecule is COC(=O)C(Nc1ccccc1F)c1sccc1Br. The Morgan fingerprint density at radius 3 is 2.74 bits per heavy atom. The molecule has 1 aromatic carbocycles. The molecule has 1 unspecified atom stereocenters. The number of carbonyl (C=O) groups is 1. The van der Waals surface area contributed by atoms with Crippen molar-refractivity contribution in [3.8, 4) is 0 Å². The number of hydrogen-bond donors (Lipinski definition) is 1. The van der Waals surface area contributed by atoms with Crippen molar-refractivity contribution in [1.29, 1.82) is 0 Å². The van der Waals surface area contributed by atoms with Gasteiger partial charge in [0.15, 0.2) is 6.04 Å². The van der Waals surface area contributed by atoms with E-state index >= 15 is 0 Å². The van der Waals surface area contributed by atoms with Crippen molar-refractivity contribution in [2.45, 2.75) is 6.04 Å². The maximum atomic E-state index is 13.6. The smallest absolute Gasteiger partial charge is 0.333 e. The zero-order valence-electron chi connectivity index (χ0n) is 10.0. The molecule has 1 N–H and O–H groups in total. The van der Waals surface area contributed by atoms with Crippen LogP contribution in [0.1, 0.15) is 10.9 Å². The molecule has 2 aromatic rings. The van der Waals surface area contributed by atoms with Gasteiger partial charge in [0, 0.05) is 4.47 Å². The third kappa shape index (κ3) is 3.13. The first kappa shape index (κ1) is 14.0. The van der Waals surface area contributed by atoms with E-state index in [2.05, 4.69) is 21.2 Å². The van der Waals surface area contributed by atoms with Crippen LogP contribution in [0.15, 0.2) is 40.2 Å². The molecule has 1 atom stereocenters. The minimum absolute atomic E-state index is 0.262. The molecular formula is C13H11BrFNO2S. The number of ether oxygens (including phenoxy) is 1. The Morgan fingerprint density at radius 2 is 2.16 bits per heavy atom. The molecule has 0 saturated carbocycles. The van der Waals surface area contributed by atoms with Gasteiger partial charge in [0.05, 0.1) is 17.7 Å². The molecule has 0 aliphatic heterocycles. The summed E-state index contributed by atoms with van der Waals surface area (Å²) in [5, 5.41) is 4.72. The molecule has 1 aromatic heterocycles. The summed E-state index contributed by atoms with van der Waals surface area (Å²) in [5.41, 5.74) is 0.262. The van der Waals surface area contributed by atoms with Crippen LogP contribution in [0.25, 0.3) is 0 Å². The van der Waals surface area contributed by atoms with E-state index < -0.39 is 17.8 Å². The number of nitrogens with one attached hydrogen (secondary N) is 1. The van der Waals surface area contributed by atoms with Crippen LogP contribution in [0.5, 0.6) is 0 Å². The second-order valence-electron chi connectivity index (χ2n) is 3.71. The molecule has 19 heavy (non-hydrogen) atoms. The number of methoxy groups -OCH3 is 1. The lowest BCUT2D eigenvalue weighted by Gasteiger charge is -2.17. The maximum Gasteiger partial charge on any atom is 0.333 e. The van der Waals surface area contributed by atoms with Crippen LogP contribution in [0.2, 0.25) is 0 Å². The van der Waals surface area contributed by atoms with Crippen LogP contribution in [0.4, 0.5) is 10.1 Å². The summed E-state index contributed by atoms with van der Waals surface area (Å²) in [6.07, 6.45) is 0. The molecule has 0 aliphatic rings. The quantitative estimate of drug-likeness (QED) is 0.853. The van der Waals surface area contributed by atoms with Gasteiger partial charge in [-0.3, -0.25) is 0 Å². The number of carbonyl (C=O) groups excluding carboxylic acids is 1. The topological polar surface area (TPSA) is 38.3 Å². The zero-order valence-corrected chi connectivity index (χ0v) is 12.4. The van der Waals surface area contributed by atoms with Crippen LogP contribution in [0.3, 0.4) is 0 Å². The lowest BCUT2D eigenvalue weighted by atomic mass is 10.2. The van der Waals surface area contributed by atoms with Crippen molar-refractivity contribution < 1.29 is 13.9 Å². The molecular weight excluding hydrogens is 333 g/mol. The zero-order chi connectivity index (χ0) is 13.8. The number of rotatable bonds is 4. The number of anilines is 1. The number of hydrogen-bond acceptors (Lipinski definition) is 4. The Balaban J connectivity index is 2.33. The summed E-state index contributed by atoms with van der Waals surface area (Å²) in [6.45, 7) is 0. The highest BCUT2D eigenvalue weighted by Gasteiger charge is 2.25. The first-order valence-corrected chi connectivity index (χ1v) is 7.12. The molecule has 0 spiro atoms. The van der Waals surface area contributed by atoms with Crippen LogP contribution in [-0.2, 0) is 9.53 Å². The Hall–Kier alpha value is -1.40. The van der Waals surface area contributed by atoms with E-state index in [-0.39, 0.29) is 5.69 Å². The predicted molar refractivity (Wildman–Crippen MR) is 76.8 cm³/mol. The Kier molecular flexibility index (Phi) is 4.55. The van der Waals surface area contributed by atoms with Gasteiger partial charge in [0.25, 0.3) is 0 Å². The van der Waals surface area contributed by atoms with E-state index in [0.29, 0.717) is 0 Å². The Bertz CT molecular complexity index is 588. The molecule has 0 radical (unpaired) electrons. The molecule has 0 amide bonds. The first-order valence-electron chi connectivity index (χ1n) is 5.45. The summed E-state index contributed by atoms with van der Waals surface area (Å²) in [6, 6.07) is 7.29. The monoisotopic (exact) mass is 343 g/mol. The molecule has 2 rings (SSSR count). The molecule has 0 aliphatic carbocycles. The summed E-state index contributed by atoms with van der Waals surface area (Å²) >= 11 is 4.76. The van der Waals surface area contributed by atoms with Crippen LogP contribution in [-0.4, -0.2) is 13.1 Å². The summed E-state index contributed by atoms with van der Waals surface area (Å²) in [5.74, 6) is -0.879. The minimum Gasteiger partial charge on any atom is -0.467 e. The third-order valence-electron chi connectivity index (χ3n) is 2.52. The number of esters is 1. The Labute approximate surface area is 122 Å². The van der Waals surface area contributed by atoms with Crippen LogP contribution in [0, 0.1) is 5.82 Å². The molecule has 6 heteroatoms. The number of thiophene rings is 1. The fourth-order valence-electron chi connectivity index (χ4n) is 1.59. The van der Waals surface area contributed by atoms with Gasteiger partial charge in [-0.2, -0.15) is 0 Å². The van der Waals surface area contributed by atoms with Gasteiger partial charge >= 0.3 is 5.97 Å². The third-order valence-corrected chi connectivity index (χ3v) is 4.45. The van der Waals surface area contributed by atoms with Gasteiger partial charge < -0.3 is 10.1 Å². The van der Waals surface area contributed by atoms with Gasteiger partial charge in [-0.15, -0.1) is 11.3 Å². The van der Waals surface area contributed by atoms with E-state index in [1.54, 1.807) is 18.2 Å². The highest BCUT2D eigenvalue weighted by atomic mass is 79.9. The molecule has 1 heterocycles. The number of para-hydroxylation sites is 1. The second-order valence-corrected chi connectivity index (χ2v) is 5.52. The lowest BCUT2D eigenvalue weighted by Crippen LogP contribution is -2.22. The Morgan fingerprint density at radius 1 is 1.42 bits per heavy atom. The van der Waals surface area contributed by atoms with Crippen LogP contribution < -0.4 is 5.32 Å². The predicted octanol–water partition coefficient (Wildman–Crippen LogP) is 3.98. The average Bonchev–Trinajstić information content (AvgIpc) is 2.83. The van der Waals surface area contributed by atoms with Crippen molar-refractivity contribution in [1.82, 2.24) is 0 Å². The van der Waals surface area contributed by atoms with Crippen LogP contribution >= 0.6 is 27.3 Å². The minimum atomic E-state index is -0.740. The summed E-state index contributed by atoms with van der Waals surface area (Å²) in [4.78, 5) is 12.6. The van der Waals surface area contributed by atoms with Crippen molar-refractivity contribution in [3.63, 3.8) is 0 Å². The van der Waals surface area contributed by atoms with E-state index in [9.17, 15) is 9.18 Å². The van der Waals surface area contributed by atoms with E-state index in [4.69, 9.17) is 4.74 Å². The molecule has 100 valence electrons. The van der Waals surface area contributed by atoms with Gasteiger partial charge in [-0.1, -0.05) is 12.1 Å². The van der Waals surface area contributed by atoms with E-state index in [0.717, 1.165) is 9.35 Å². The molecule has 0 saturated heterocycles. The average molecular weight is 344 g/mol. The van der Waals surface area contributed by atoms with Gasteiger partial charge in [0.2, 0.25) is 0 Å². The lowest BCUT2D eigenvalue weighted by molar-refractivity contribution is -0.141. The highest BCUT2D eigenvalue weighted by molar-refractivity contribution is 9.10. The molecule has 3 nitrogen and oxygen atoms in total. The fraction of sp³-hybridized carbons (Fsp3) is 0.154. The summed E-state index contributed by atoms with van der Waals surface area (Å²) in [7, 11) is 1.31. The van der Waals surface area contributed by atoms with Gasteiger partial charge in [-0.05, 0) is 39.5 Å². The van der Waals surface area contributed by atoms with Gasteiger partial charge in [-0.25, -0.2) is 9.18 Å².